The van der Waals surface area contributed by atoms with Crippen molar-refractivity contribution in [2.75, 3.05) is 13.7 Å². The van der Waals surface area contributed by atoms with Crippen LogP contribution in [0.25, 0.3) is 0 Å². The van der Waals surface area contributed by atoms with E-state index in [4.69, 9.17) is 9.47 Å². The van der Waals surface area contributed by atoms with Crippen LogP contribution in [0.15, 0.2) is 72.8 Å². The number of benzene rings is 3. The largest absolute Gasteiger partial charge is 0.497 e. The van der Waals surface area contributed by atoms with Gasteiger partial charge < -0.3 is 9.47 Å². The van der Waals surface area contributed by atoms with Crippen molar-refractivity contribution in [2.24, 2.45) is 0 Å². The lowest BCUT2D eigenvalue weighted by molar-refractivity contribution is 0.103. The Morgan fingerprint density at radius 3 is 2.65 bits per heavy atom. The Morgan fingerprint density at radius 2 is 1.85 bits per heavy atom. The van der Waals surface area contributed by atoms with E-state index in [1.165, 1.54) is 5.56 Å². The number of carbonyl (C=O) groups is 1. The van der Waals surface area contributed by atoms with Crippen LogP contribution in [0.5, 0.6) is 11.5 Å². The van der Waals surface area contributed by atoms with Gasteiger partial charge in [0, 0.05) is 22.6 Å². The number of methoxy groups -OCH3 is 1. The first-order valence-electron chi connectivity index (χ1n) is 8.74. The monoisotopic (exact) mass is 344 g/mol. The summed E-state index contributed by atoms with van der Waals surface area (Å²) in [7, 11) is 1.60. The molecular formula is C23H20O3. The summed E-state index contributed by atoms with van der Waals surface area (Å²) in [6.07, 6.45) is 0.857. The van der Waals surface area contributed by atoms with Crippen LogP contribution in [0.1, 0.15) is 33.0 Å². The molecule has 0 amide bonds. The lowest BCUT2D eigenvalue weighted by Gasteiger charge is -2.13. The first-order chi connectivity index (χ1) is 12.8. The molecule has 4 rings (SSSR count). The smallest absolute Gasteiger partial charge is 0.193 e. The molecule has 0 unspecified atom stereocenters. The molecule has 0 fully saturated rings. The second-order valence-electron chi connectivity index (χ2n) is 6.48. The maximum Gasteiger partial charge on any atom is 0.193 e. The first-order valence-corrected chi connectivity index (χ1v) is 8.74. The summed E-state index contributed by atoms with van der Waals surface area (Å²) in [4.78, 5) is 13.2. The normalized spacial score (nSPS) is 15.2. The Balaban J connectivity index is 1.70. The molecule has 0 spiro atoms. The highest BCUT2D eigenvalue weighted by molar-refractivity contribution is 6.10. The Labute approximate surface area is 153 Å². The Bertz CT molecular complexity index is 931. The highest BCUT2D eigenvalue weighted by Gasteiger charge is 2.29. The molecule has 1 aliphatic heterocycles. The fourth-order valence-corrected chi connectivity index (χ4v) is 3.54. The predicted octanol–water partition coefficient (Wildman–Crippen LogP) is 4.64. The molecule has 0 aliphatic carbocycles. The van der Waals surface area contributed by atoms with Crippen LogP contribution in [-0.2, 0) is 6.42 Å². The SMILES string of the molecule is COc1cccc(C(=O)c2cccc3c2[C@H](Cc2ccccc2)CO3)c1. The molecule has 0 N–H and O–H groups in total. The summed E-state index contributed by atoms with van der Waals surface area (Å²) < 4.78 is 11.1. The second kappa shape index (κ2) is 7.04. The van der Waals surface area contributed by atoms with Gasteiger partial charge in [-0.1, -0.05) is 54.6 Å². The van der Waals surface area contributed by atoms with Gasteiger partial charge in [-0.2, -0.15) is 0 Å². The van der Waals surface area contributed by atoms with Gasteiger partial charge in [0.1, 0.15) is 11.5 Å². The number of fused-ring (bicyclic) bond motifs is 1. The van der Waals surface area contributed by atoms with Crippen molar-refractivity contribution >= 4 is 5.78 Å². The van der Waals surface area contributed by atoms with Crippen molar-refractivity contribution in [3.8, 4) is 11.5 Å². The van der Waals surface area contributed by atoms with Crippen LogP contribution in [0.4, 0.5) is 0 Å². The number of hydrogen-bond donors (Lipinski definition) is 0. The molecule has 0 saturated heterocycles. The van der Waals surface area contributed by atoms with Gasteiger partial charge in [0.25, 0.3) is 0 Å². The quantitative estimate of drug-likeness (QED) is 0.632. The summed E-state index contributed by atoms with van der Waals surface area (Å²) in [5.74, 6) is 1.68. The summed E-state index contributed by atoms with van der Waals surface area (Å²) in [6, 6.07) is 23.3. The van der Waals surface area contributed by atoms with E-state index in [-0.39, 0.29) is 11.7 Å². The number of hydrogen-bond acceptors (Lipinski definition) is 3. The average molecular weight is 344 g/mol. The molecule has 3 aromatic rings. The summed E-state index contributed by atoms with van der Waals surface area (Å²) in [5, 5.41) is 0. The van der Waals surface area contributed by atoms with Crippen molar-refractivity contribution in [3.63, 3.8) is 0 Å². The predicted molar refractivity (Wildman–Crippen MR) is 101 cm³/mol. The molecule has 1 atom stereocenters. The Morgan fingerprint density at radius 1 is 1.04 bits per heavy atom. The van der Waals surface area contributed by atoms with E-state index in [0.29, 0.717) is 23.5 Å². The fraction of sp³-hybridized carbons (Fsp3) is 0.174. The summed E-state index contributed by atoms with van der Waals surface area (Å²) >= 11 is 0. The molecule has 1 heterocycles. The minimum absolute atomic E-state index is 0.00399. The number of rotatable bonds is 5. The van der Waals surface area contributed by atoms with Crippen LogP contribution in [0.3, 0.4) is 0 Å². The molecule has 130 valence electrons. The van der Waals surface area contributed by atoms with E-state index in [2.05, 4.69) is 12.1 Å². The molecule has 26 heavy (non-hydrogen) atoms. The van der Waals surface area contributed by atoms with Gasteiger partial charge in [0.2, 0.25) is 0 Å². The van der Waals surface area contributed by atoms with Gasteiger partial charge in [-0.05, 0) is 30.2 Å². The molecule has 3 heteroatoms. The maximum absolute atomic E-state index is 13.2. The van der Waals surface area contributed by atoms with E-state index in [9.17, 15) is 4.79 Å². The van der Waals surface area contributed by atoms with E-state index in [1.54, 1.807) is 13.2 Å². The third kappa shape index (κ3) is 3.08. The zero-order valence-corrected chi connectivity index (χ0v) is 14.6. The van der Waals surface area contributed by atoms with Crippen molar-refractivity contribution in [1.82, 2.24) is 0 Å². The lowest BCUT2D eigenvalue weighted by atomic mass is 9.87. The zero-order valence-electron chi connectivity index (χ0n) is 14.6. The minimum atomic E-state index is 0.00399. The third-order valence-corrected chi connectivity index (χ3v) is 4.82. The Hall–Kier alpha value is -3.07. The number of ether oxygens (including phenoxy) is 2. The molecule has 1 aliphatic rings. The van der Waals surface area contributed by atoms with E-state index < -0.39 is 0 Å². The van der Waals surface area contributed by atoms with Crippen molar-refractivity contribution in [2.45, 2.75) is 12.3 Å². The van der Waals surface area contributed by atoms with Crippen LogP contribution in [-0.4, -0.2) is 19.5 Å². The molecule has 0 bridgehead atoms. The van der Waals surface area contributed by atoms with Gasteiger partial charge >= 0.3 is 0 Å². The number of ketones is 1. The summed E-state index contributed by atoms with van der Waals surface area (Å²) in [6.45, 7) is 0.604. The minimum Gasteiger partial charge on any atom is -0.497 e. The van der Waals surface area contributed by atoms with Crippen LogP contribution in [0.2, 0.25) is 0 Å². The van der Waals surface area contributed by atoms with Gasteiger partial charge in [-0.15, -0.1) is 0 Å². The molecule has 0 saturated carbocycles. The van der Waals surface area contributed by atoms with Gasteiger partial charge in [-0.25, -0.2) is 0 Å². The number of carbonyl (C=O) groups excluding carboxylic acids is 1. The van der Waals surface area contributed by atoms with Crippen LogP contribution < -0.4 is 9.47 Å². The van der Waals surface area contributed by atoms with E-state index in [0.717, 1.165) is 17.7 Å². The molecule has 0 aromatic heterocycles. The van der Waals surface area contributed by atoms with Crippen LogP contribution >= 0.6 is 0 Å². The molecule has 0 radical (unpaired) electrons. The third-order valence-electron chi connectivity index (χ3n) is 4.82. The van der Waals surface area contributed by atoms with Gasteiger partial charge in [-0.3, -0.25) is 4.79 Å². The molecule has 3 nitrogen and oxygen atoms in total. The fourth-order valence-electron chi connectivity index (χ4n) is 3.54. The van der Waals surface area contributed by atoms with Crippen LogP contribution in [0, 0.1) is 0 Å². The highest BCUT2D eigenvalue weighted by atomic mass is 16.5. The van der Waals surface area contributed by atoms with E-state index in [1.807, 2.05) is 54.6 Å². The highest BCUT2D eigenvalue weighted by Crippen LogP contribution is 2.39. The topological polar surface area (TPSA) is 35.5 Å². The standard InChI is InChI=1S/C23H20O3/c1-25-19-10-5-9-17(14-19)23(24)20-11-6-12-21-22(20)18(15-26-21)13-16-7-3-2-4-8-16/h2-12,14,18H,13,15H2,1H3/t18-/m1/s1. The van der Waals surface area contributed by atoms with E-state index >= 15 is 0 Å². The Kier molecular flexibility index (Phi) is 4.44. The molecular weight excluding hydrogens is 324 g/mol. The first kappa shape index (κ1) is 16.4. The molecule has 3 aromatic carbocycles. The second-order valence-corrected chi connectivity index (χ2v) is 6.48. The van der Waals surface area contributed by atoms with Gasteiger partial charge in [0.05, 0.1) is 13.7 Å². The van der Waals surface area contributed by atoms with Crippen molar-refractivity contribution in [3.05, 3.63) is 95.1 Å². The maximum atomic E-state index is 13.2. The van der Waals surface area contributed by atoms with Crippen molar-refractivity contribution < 1.29 is 14.3 Å². The summed E-state index contributed by atoms with van der Waals surface area (Å²) in [5.41, 5.74) is 3.61. The lowest BCUT2D eigenvalue weighted by Crippen LogP contribution is -2.10. The van der Waals surface area contributed by atoms with Gasteiger partial charge in [0.15, 0.2) is 5.78 Å². The van der Waals surface area contributed by atoms with Crippen molar-refractivity contribution in [1.29, 1.82) is 0 Å². The zero-order chi connectivity index (χ0) is 17.9. The average Bonchev–Trinajstić information content (AvgIpc) is 3.11.